The van der Waals surface area contributed by atoms with Crippen LogP contribution in [0.2, 0.25) is 10.0 Å². The molecule has 1 aromatic heterocycles. The number of aliphatic hydroxyl groups is 1. The molecule has 1 fully saturated rings. The maximum Gasteiger partial charge on any atom is 0.260 e. The molecule has 25 heavy (non-hydrogen) atoms. The van der Waals surface area contributed by atoms with Gasteiger partial charge in [0.15, 0.2) is 6.61 Å². The number of amides is 1. The summed E-state index contributed by atoms with van der Waals surface area (Å²) in [5.41, 5.74) is 0.797. The van der Waals surface area contributed by atoms with Gasteiger partial charge in [0.1, 0.15) is 11.5 Å². The number of aliphatic hydroxyl groups excluding tert-OH is 1. The van der Waals surface area contributed by atoms with E-state index in [2.05, 4.69) is 5.16 Å². The lowest BCUT2D eigenvalue weighted by molar-refractivity contribution is -0.132. The monoisotopic (exact) mass is 384 g/mol. The number of likely N-dealkylation sites (tertiary alicyclic amines) is 1. The Hall–Kier alpha value is -1.76. The van der Waals surface area contributed by atoms with Gasteiger partial charge in [-0.2, -0.15) is 0 Å². The Morgan fingerprint density at radius 1 is 1.36 bits per heavy atom. The van der Waals surface area contributed by atoms with E-state index in [-0.39, 0.29) is 25.0 Å². The second-order valence-electron chi connectivity index (χ2n) is 6.13. The van der Waals surface area contributed by atoms with E-state index in [0.717, 1.165) is 5.69 Å². The van der Waals surface area contributed by atoms with Crippen molar-refractivity contribution in [3.8, 4) is 5.75 Å². The average Bonchev–Trinajstić information content (AvgIpc) is 3.15. The Morgan fingerprint density at radius 3 is 2.84 bits per heavy atom. The summed E-state index contributed by atoms with van der Waals surface area (Å²) in [6, 6.07) is 6.66. The third-order valence-electron chi connectivity index (χ3n) is 4.15. The van der Waals surface area contributed by atoms with Crippen LogP contribution in [0, 0.1) is 12.8 Å². The van der Waals surface area contributed by atoms with Gasteiger partial charge in [-0.1, -0.05) is 28.4 Å². The Bertz CT molecular complexity index is 765. The van der Waals surface area contributed by atoms with Crippen LogP contribution in [0.4, 0.5) is 0 Å². The Morgan fingerprint density at radius 2 is 2.16 bits per heavy atom. The molecular weight excluding hydrogens is 367 g/mol. The molecule has 3 rings (SSSR count). The van der Waals surface area contributed by atoms with E-state index in [0.29, 0.717) is 34.5 Å². The molecule has 2 aromatic rings. The maximum absolute atomic E-state index is 12.3. The van der Waals surface area contributed by atoms with Crippen LogP contribution < -0.4 is 4.74 Å². The highest BCUT2D eigenvalue weighted by atomic mass is 35.5. The SMILES string of the molecule is Cc1cc(C[C@@H]2CN(C(=O)COc3ccc(Cl)c(Cl)c3)C[C@@H]2O)on1. The predicted octanol–water partition coefficient (Wildman–Crippen LogP) is 2.73. The molecule has 8 heteroatoms. The van der Waals surface area contributed by atoms with Gasteiger partial charge < -0.3 is 19.3 Å². The van der Waals surface area contributed by atoms with Crippen LogP contribution in [0.25, 0.3) is 0 Å². The fourth-order valence-electron chi connectivity index (χ4n) is 2.83. The first kappa shape index (κ1) is 18.0. The normalized spacial score (nSPS) is 20.1. The number of rotatable bonds is 5. The highest BCUT2D eigenvalue weighted by molar-refractivity contribution is 6.42. The van der Waals surface area contributed by atoms with E-state index < -0.39 is 6.10 Å². The van der Waals surface area contributed by atoms with E-state index in [1.54, 1.807) is 23.1 Å². The fourth-order valence-corrected chi connectivity index (χ4v) is 3.12. The van der Waals surface area contributed by atoms with Crippen LogP contribution in [0.5, 0.6) is 5.75 Å². The standard InChI is InChI=1S/C17H18Cl2N2O4/c1-10-4-13(25-20-10)5-11-7-21(8-16(11)22)17(23)9-24-12-2-3-14(18)15(19)6-12/h2-4,6,11,16,22H,5,7-9H2,1H3/t11-,16+/m1/s1. The highest BCUT2D eigenvalue weighted by Crippen LogP contribution is 2.27. The second-order valence-corrected chi connectivity index (χ2v) is 6.94. The van der Waals surface area contributed by atoms with Crippen LogP contribution in [-0.4, -0.2) is 46.9 Å². The quantitative estimate of drug-likeness (QED) is 0.857. The van der Waals surface area contributed by atoms with Gasteiger partial charge in [0.05, 0.1) is 21.8 Å². The number of aromatic nitrogens is 1. The van der Waals surface area contributed by atoms with Gasteiger partial charge in [-0.05, 0) is 19.1 Å². The van der Waals surface area contributed by atoms with E-state index in [9.17, 15) is 9.90 Å². The van der Waals surface area contributed by atoms with Crippen molar-refractivity contribution in [3.63, 3.8) is 0 Å². The molecule has 0 radical (unpaired) electrons. The van der Waals surface area contributed by atoms with Crippen LogP contribution in [0.15, 0.2) is 28.8 Å². The van der Waals surface area contributed by atoms with Crippen LogP contribution in [-0.2, 0) is 11.2 Å². The number of hydrogen-bond acceptors (Lipinski definition) is 5. The fraction of sp³-hybridized carbons (Fsp3) is 0.412. The van der Waals surface area contributed by atoms with Crippen LogP contribution >= 0.6 is 23.2 Å². The minimum atomic E-state index is -0.598. The Labute approximate surface area is 155 Å². The first-order valence-corrected chi connectivity index (χ1v) is 8.64. The summed E-state index contributed by atoms with van der Waals surface area (Å²) in [5.74, 6) is 0.904. The number of hydrogen-bond donors (Lipinski definition) is 1. The summed E-state index contributed by atoms with van der Waals surface area (Å²) in [7, 11) is 0. The molecule has 2 heterocycles. The highest BCUT2D eigenvalue weighted by Gasteiger charge is 2.34. The molecule has 0 saturated carbocycles. The van der Waals surface area contributed by atoms with Gasteiger partial charge in [-0.15, -0.1) is 0 Å². The van der Waals surface area contributed by atoms with Gasteiger partial charge in [-0.3, -0.25) is 4.79 Å². The van der Waals surface area contributed by atoms with Gasteiger partial charge in [0.2, 0.25) is 0 Å². The molecule has 0 unspecified atom stereocenters. The number of β-amino-alcohol motifs (C(OH)–C–C–N with tert-alkyl or cyclic N) is 1. The largest absolute Gasteiger partial charge is 0.484 e. The van der Waals surface area contributed by atoms with Crippen LogP contribution in [0.1, 0.15) is 11.5 Å². The van der Waals surface area contributed by atoms with Crippen molar-refractivity contribution in [3.05, 3.63) is 45.8 Å². The van der Waals surface area contributed by atoms with Crippen molar-refractivity contribution in [1.82, 2.24) is 10.1 Å². The third kappa shape index (κ3) is 4.45. The summed E-state index contributed by atoms with van der Waals surface area (Å²) < 4.78 is 10.6. The summed E-state index contributed by atoms with van der Waals surface area (Å²) in [6.07, 6.45) is -0.0567. The first-order chi connectivity index (χ1) is 11.9. The van der Waals surface area contributed by atoms with Crippen molar-refractivity contribution in [2.45, 2.75) is 19.4 Å². The maximum atomic E-state index is 12.3. The zero-order valence-electron chi connectivity index (χ0n) is 13.6. The first-order valence-electron chi connectivity index (χ1n) is 7.88. The molecule has 134 valence electrons. The molecule has 1 saturated heterocycles. The van der Waals surface area contributed by atoms with Gasteiger partial charge in [0.25, 0.3) is 5.91 Å². The number of halogens is 2. The minimum absolute atomic E-state index is 0.0822. The second kappa shape index (κ2) is 7.64. The minimum Gasteiger partial charge on any atom is -0.484 e. The molecule has 1 aliphatic rings. The molecule has 0 bridgehead atoms. The third-order valence-corrected chi connectivity index (χ3v) is 4.89. The molecule has 1 aliphatic heterocycles. The lowest BCUT2D eigenvalue weighted by atomic mass is 10.0. The average molecular weight is 385 g/mol. The molecule has 0 spiro atoms. The number of carbonyl (C=O) groups excluding carboxylic acids is 1. The molecule has 6 nitrogen and oxygen atoms in total. The van der Waals surface area contributed by atoms with E-state index >= 15 is 0 Å². The molecule has 1 amide bonds. The topological polar surface area (TPSA) is 75.8 Å². The van der Waals surface area contributed by atoms with Crippen molar-refractivity contribution in [2.75, 3.05) is 19.7 Å². The van der Waals surface area contributed by atoms with E-state index in [4.69, 9.17) is 32.5 Å². The molecular formula is C17H18Cl2N2O4. The molecule has 1 aromatic carbocycles. The lowest BCUT2D eigenvalue weighted by Crippen LogP contribution is -2.33. The predicted molar refractivity (Wildman–Crippen MR) is 93.0 cm³/mol. The number of carbonyl (C=O) groups is 1. The number of benzene rings is 1. The summed E-state index contributed by atoms with van der Waals surface area (Å²) >= 11 is 11.8. The zero-order chi connectivity index (χ0) is 18.0. The molecule has 0 aliphatic carbocycles. The lowest BCUT2D eigenvalue weighted by Gasteiger charge is -2.16. The van der Waals surface area contributed by atoms with Crippen molar-refractivity contribution < 1.29 is 19.2 Å². The van der Waals surface area contributed by atoms with Crippen molar-refractivity contribution >= 4 is 29.1 Å². The smallest absolute Gasteiger partial charge is 0.260 e. The Kier molecular flexibility index (Phi) is 5.51. The number of nitrogens with zero attached hydrogens (tertiary/aromatic N) is 2. The number of aryl methyl sites for hydroxylation is 1. The van der Waals surface area contributed by atoms with E-state index in [1.165, 1.54) is 0 Å². The summed E-state index contributed by atoms with van der Waals surface area (Å²) in [4.78, 5) is 13.9. The number of ether oxygens (including phenoxy) is 1. The zero-order valence-corrected chi connectivity index (χ0v) is 15.1. The van der Waals surface area contributed by atoms with Crippen molar-refractivity contribution in [1.29, 1.82) is 0 Å². The summed E-state index contributed by atoms with van der Waals surface area (Å²) in [6.45, 7) is 2.44. The van der Waals surface area contributed by atoms with E-state index in [1.807, 2.05) is 13.0 Å². The Balaban J connectivity index is 1.53. The molecule has 2 atom stereocenters. The van der Waals surface area contributed by atoms with Gasteiger partial charge in [0, 0.05) is 37.6 Å². The van der Waals surface area contributed by atoms with Gasteiger partial charge >= 0.3 is 0 Å². The van der Waals surface area contributed by atoms with Crippen LogP contribution in [0.3, 0.4) is 0 Å². The van der Waals surface area contributed by atoms with Crippen molar-refractivity contribution in [2.24, 2.45) is 5.92 Å². The van der Waals surface area contributed by atoms with Gasteiger partial charge in [-0.25, -0.2) is 0 Å². The molecule has 1 N–H and O–H groups in total. The summed E-state index contributed by atoms with van der Waals surface area (Å²) in [5, 5.41) is 14.8.